The van der Waals surface area contributed by atoms with Crippen LogP contribution in [-0.2, 0) is 11.3 Å². The topological polar surface area (TPSA) is 47.6 Å². The van der Waals surface area contributed by atoms with E-state index in [4.69, 9.17) is 9.47 Å². The molecular formula is C18H20BrNO3. The Morgan fingerprint density at radius 1 is 1.04 bits per heavy atom. The molecule has 0 spiro atoms. The molecule has 0 aliphatic carbocycles. The van der Waals surface area contributed by atoms with Gasteiger partial charge in [0, 0.05) is 17.4 Å². The molecule has 23 heavy (non-hydrogen) atoms. The third-order valence-corrected chi connectivity index (χ3v) is 3.81. The third kappa shape index (κ3) is 6.32. The van der Waals surface area contributed by atoms with Crippen LogP contribution in [0.1, 0.15) is 18.4 Å². The van der Waals surface area contributed by atoms with Gasteiger partial charge in [-0.25, -0.2) is 0 Å². The molecule has 0 saturated heterocycles. The maximum atomic E-state index is 11.8. The Balaban J connectivity index is 1.62. The fraction of sp³-hybridized carbons (Fsp3) is 0.278. The predicted molar refractivity (Wildman–Crippen MR) is 93.7 cm³/mol. The van der Waals surface area contributed by atoms with Crippen molar-refractivity contribution in [3.05, 3.63) is 58.6 Å². The first-order valence-corrected chi connectivity index (χ1v) is 8.24. The smallest absolute Gasteiger partial charge is 0.220 e. The molecule has 0 saturated carbocycles. The standard InChI is InChI=1S/C18H20BrNO3/c1-22-16-8-4-14(5-9-16)13-20-18(21)3-2-12-23-17-10-6-15(19)7-11-17/h4-11H,2-3,12-13H2,1H3,(H,20,21). The number of carbonyl (C=O) groups is 1. The zero-order chi connectivity index (χ0) is 16.5. The van der Waals surface area contributed by atoms with Crippen molar-refractivity contribution in [2.75, 3.05) is 13.7 Å². The number of rotatable bonds is 8. The van der Waals surface area contributed by atoms with E-state index >= 15 is 0 Å². The summed E-state index contributed by atoms with van der Waals surface area (Å²) in [7, 11) is 1.63. The van der Waals surface area contributed by atoms with Crippen molar-refractivity contribution in [1.82, 2.24) is 5.32 Å². The van der Waals surface area contributed by atoms with Crippen molar-refractivity contribution in [2.24, 2.45) is 0 Å². The number of nitrogens with one attached hydrogen (secondary N) is 1. The monoisotopic (exact) mass is 377 g/mol. The minimum atomic E-state index is 0.0280. The van der Waals surface area contributed by atoms with Crippen LogP contribution in [0.3, 0.4) is 0 Å². The van der Waals surface area contributed by atoms with Crippen LogP contribution in [-0.4, -0.2) is 19.6 Å². The highest BCUT2D eigenvalue weighted by Crippen LogP contribution is 2.16. The Hall–Kier alpha value is -2.01. The highest BCUT2D eigenvalue weighted by atomic mass is 79.9. The lowest BCUT2D eigenvalue weighted by Crippen LogP contribution is -2.22. The maximum absolute atomic E-state index is 11.8. The molecule has 5 heteroatoms. The molecule has 0 unspecified atom stereocenters. The van der Waals surface area contributed by atoms with Gasteiger partial charge in [-0.2, -0.15) is 0 Å². The van der Waals surface area contributed by atoms with E-state index in [2.05, 4.69) is 21.2 Å². The molecular weight excluding hydrogens is 358 g/mol. The Morgan fingerprint density at radius 3 is 2.35 bits per heavy atom. The molecule has 122 valence electrons. The summed E-state index contributed by atoms with van der Waals surface area (Å²) in [5.41, 5.74) is 1.05. The molecule has 0 bridgehead atoms. The second-order valence-electron chi connectivity index (χ2n) is 5.03. The molecule has 0 radical (unpaired) electrons. The molecule has 0 aromatic heterocycles. The summed E-state index contributed by atoms with van der Waals surface area (Å²) in [6.45, 7) is 1.05. The van der Waals surface area contributed by atoms with Crippen molar-refractivity contribution in [1.29, 1.82) is 0 Å². The first-order valence-electron chi connectivity index (χ1n) is 7.45. The highest BCUT2D eigenvalue weighted by Gasteiger charge is 2.02. The second-order valence-corrected chi connectivity index (χ2v) is 5.95. The number of amides is 1. The van der Waals surface area contributed by atoms with Gasteiger partial charge in [0.05, 0.1) is 13.7 Å². The molecule has 0 atom stereocenters. The summed E-state index contributed by atoms with van der Waals surface area (Å²) in [6.07, 6.45) is 1.14. The molecule has 0 aliphatic rings. The van der Waals surface area contributed by atoms with Crippen molar-refractivity contribution in [3.63, 3.8) is 0 Å². The van der Waals surface area contributed by atoms with E-state index in [1.165, 1.54) is 0 Å². The number of carbonyl (C=O) groups excluding carboxylic acids is 1. The van der Waals surface area contributed by atoms with E-state index in [-0.39, 0.29) is 5.91 Å². The van der Waals surface area contributed by atoms with Gasteiger partial charge in [-0.15, -0.1) is 0 Å². The van der Waals surface area contributed by atoms with Crippen molar-refractivity contribution in [2.45, 2.75) is 19.4 Å². The van der Waals surface area contributed by atoms with Gasteiger partial charge in [0.1, 0.15) is 11.5 Å². The number of hydrogen-bond donors (Lipinski definition) is 1. The number of hydrogen-bond acceptors (Lipinski definition) is 3. The average Bonchev–Trinajstić information content (AvgIpc) is 2.59. The lowest BCUT2D eigenvalue weighted by Gasteiger charge is -2.08. The highest BCUT2D eigenvalue weighted by molar-refractivity contribution is 9.10. The van der Waals surface area contributed by atoms with E-state index in [9.17, 15) is 4.79 Å². The van der Waals surface area contributed by atoms with Gasteiger partial charge in [-0.05, 0) is 48.4 Å². The van der Waals surface area contributed by atoms with Crippen LogP contribution in [0, 0.1) is 0 Å². The first-order chi connectivity index (χ1) is 11.2. The lowest BCUT2D eigenvalue weighted by atomic mass is 10.2. The van der Waals surface area contributed by atoms with Gasteiger partial charge < -0.3 is 14.8 Å². The van der Waals surface area contributed by atoms with E-state index in [0.29, 0.717) is 26.0 Å². The van der Waals surface area contributed by atoms with Gasteiger partial charge in [0.15, 0.2) is 0 Å². The summed E-state index contributed by atoms with van der Waals surface area (Å²) in [5.74, 6) is 1.65. The third-order valence-electron chi connectivity index (χ3n) is 3.28. The van der Waals surface area contributed by atoms with Crippen LogP contribution in [0.2, 0.25) is 0 Å². The van der Waals surface area contributed by atoms with Gasteiger partial charge in [0.2, 0.25) is 5.91 Å². The van der Waals surface area contributed by atoms with E-state index < -0.39 is 0 Å². The summed E-state index contributed by atoms with van der Waals surface area (Å²) >= 11 is 3.38. The van der Waals surface area contributed by atoms with E-state index in [1.54, 1.807) is 7.11 Å². The average molecular weight is 378 g/mol. The fourth-order valence-corrected chi connectivity index (χ4v) is 2.25. The SMILES string of the molecule is COc1ccc(CNC(=O)CCCOc2ccc(Br)cc2)cc1. The molecule has 0 fully saturated rings. The van der Waals surface area contributed by atoms with Crippen LogP contribution in [0.5, 0.6) is 11.5 Å². The van der Waals surface area contributed by atoms with Gasteiger partial charge in [0.25, 0.3) is 0 Å². The molecule has 2 aromatic rings. The largest absolute Gasteiger partial charge is 0.497 e. The van der Waals surface area contributed by atoms with Crippen LogP contribution < -0.4 is 14.8 Å². The number of benzene rings is 2. The minimum absolute atomic E-state index is 0.0280. The normalized spacial score (nSPS) is 10.2. The summed E-state index contributed by atoms with van der Waals surface area (Å²) in [4.78, 5) is 11.8. The zero-order valence-electron chi connectivity index (χ0n) is 13.0. The van der Waals surface area contributed by atoms with Crippen LogP contribution in [0.4, 0.5) is 0 Å². The van der Waals surface area contributed by atoms with Crippen LogP contribution >= 0.6 is 15.9 Å². The van der Waals surface area contributed by atoms with Crippen LogP contribution in [0.25, 0.3) is 0 Å². The maximum Gasteiger partial charge on any atom is 0.220 e. The van der Waals surface area contributed by atoms with Crippen molar-refractivity contribution in [3.8, 4) is 11.5 Å². The molecule has 0 heterocycles. The van der Waals surface area contributed by atoms with Gasteiger partial charge >= 0.3 is 0 Å². The fourth-order valence-electron chi connectivity index (χ4n) is 1.99. The minimum Gasteiger partial charge on any atom is -0.497 e. The van der Waals surface area contributed by atoms with Crippen LogP contribution in [0.15, 0.2) is 53.0 Å². The Kier molecular flexibility index (Phi) is 6.94. The summed E-state index contributed by atoms with van der Waals surface area (Å²) in [5, 5.41) is 2.90. The second kappa shape index (κ2) is 9.20. The summed E-state index contributed by atoms with van der Waals surface area (Å²) in [6, 6.07) is 15.3. The molecule has 1 amide bonds. The zero-order valence-corrected chi connectivity index (χ0v) is 14.6. The Morgan fingerprint density at radius 2 is 1.70 bits per heavy atom. The number of halogens is 1. The molecule has 2 rings (SSSR count). The lowest BCUT2D eigenvalue weighted by molar-refractivity contribution is -0.121. The quantitative estimate of drug-likeness (QED) is 0.708. The summed E-state index contributed by atoms with van der Waals surface area (Å²) < 4.78 is 11.7. The van der Waals surface area contributed by atoms with Gasteiger partial charge in [-0.3, -0.25) is 4.79 Å². The first kappa shape index (κ1) is 17.3. The molecule has 4 nitrogen and oxygen atoms in total. The van der Waals surface area contributed by atoms with Crippen molar-refractivity contribution >= 4 is 21.8 Å². The van der Waals surface area contributed by atoms with Crippen molar-refractivity contribution < 1.29 is 14.3 Å². The molecule has 2 aromatic carbocycles. The molecule has 0 aliphatic heterocycles. The molecule has 1 N–H and O–H groups in total. The number of ether oxygens (including phenoxy) is 2. The number of methoxy groups -OCH3 is 1. The van der Waals surface area contributed by atoms with E-state index in [1.807, 2.05) is 48.5 Å². The Bertz CT molecular complexity index is 611. The Labute approximate surface area is 144 Å². The van der Waals surface area contributed by atoms with Gasteiger partial charge in [-0.1, -0.05) is 28.1 Å². The van der Waals surface area contributed by atoms with E-state index in [0.717, 1.165) is 21.5 Å². The predicted octanol–water partition coefficient (Wildman–Crippen LogP) is 3.93.